The lowest BCUT2D eigenvalue weighted by Crippen LogP contribution is -2.56. The molecule has 138 valence electrons. The second kappa shape index (κ2) is 7.86. The Bertz CT molecular complexity index is 603. The third kappa shape index (κ3) is 4.31. The van der Waals surface area contributed by atoms with E-state index >= 15 is 0 Å². The lowest BCUT2D eigenvalue weighted by Gasteiger charge is -2.40. The van der Waals surface area contributed by atoms with Crippen molar-refractivity contribution in [2.75, 3.05) is 44.6 Å². The van der Waals surface area contributed by atoms with Crippen LogP contribution >= 0.6 is 0 Å². The number of aryl methyl sites for hydroxylation is 1. The second-order valence-corrected chi connectivity index (χ2v) is 6.84. The molecule has 8 nitrogen and oxygen atoms in total. The SMILES string of the molecule is Cc1cc(NC(=O)[C@H](C)N2CCN(C(=O)N3CCCCC3)CC2)no1. The number of anilines is 1. The van der Waals surface area contributed by atoms with Crippen molar-refractivity contribution in [2.24, 2.45) is 0 Å². The molecule has 0 saturated carbocycles. The summed E-state index contributed by atoms with van der Waals surface area (Å²) in [4.78, 5) is 30.9. The lowest BCUT2D eigenvalue weighted by atomic mass is 10.1. The zero-order chi connectivity index (χ0) is 17.8. The highest BCUT2D eigenvalue weighted by Gasteiger charge is 2.30. The molecule has 0 radical (unpaired) electrons. The average molecular weight is 349 g/mol. The Hall–Kier alpha value is -2.09. The van der Waals surface area contributed by atoms with Crippen LogP contribution in [0.25, 0.3) is 0 Å². The molecule has 0 aliphatic carbocycles. The zero-order valence-corrected chi connectivity index (χ0v) is 15.0. The number of carbonyl (C=O) groups excluding carboxylic acids is 2. The summed E-state index contributed by atoms with van der Waals surface area (Å²) in [7, 11) is 0. The Kier molecular flexibility index (Phi) is 5.57. The molecule has 25 heavy (non-hydrogen) atoms. The van der Waals surface area contributed by atoms with Crippen molar-refractivity contribution in [3.8, 4) is 0 Å². The topological polar surface area (TPSA) is 81.9 Å². The summed E-state index contributed by atoms with van der Waals surface area (Å²) in [6.07, 6.45) is 3.42. The Morgan fingerprint density at radius 3 is 2.32 bits per heavy atom. The van der Waals surface area contributed by atoms with Crippen molar-refractivity contribution < 1.29 is 14.1 Å². The van der Waals surface area contributed by atoms with Gasteiger partial charge < -0.3 is 19.6 Å². The van der Waals surface area contributed by atoms with E-state index in [1.807, 2.05) is 16.7 Å². The van der Waals surface area contributed by atoms with Crippen LogP contribution in [0.5, 0.6) is 0 Å². The van der Waals surface area contributed by atoms with Gasteiger partial charge in [0.05, 0.1) is 6.04 Å². The maximum absolute atomic E-state index is 12.5. The Balaban J connectivity index is 1.47. The first-order chi connectivity index (χ1) is 12.0. The van der Waals surface area contributed by atoms with E-state index in [4.69, 9.17) is 4.52 Å². The Morgan fingerprint density at radius 2 is 1.72 bits per heavy atom. The van der Waals surface area contributed by atoms with E-state index < -0.39 is 0 Å². The van der Waals surface area contributed by atoms with Crippen molar-refractivity contribution in [1.82, 2.24) is 19.9 Å². The van der Waals surface area contributed by atoms with Crippen LogP contribution in [-0.2, 0) is 4.79 Å². The van der Waals surface area contributed by atoms with E-state index in [1.54, 1.807) is 13.0 Å². The van der Waals surface area contributed by atoms with Crippen molar-refractivity contribution >= 4 is 17.8 Å². The van der Waals surface area contributed by atoms with Crippen molar-refractivity contribution in [3.63, 3.8) is 0 Å². The van der Waals surface area contributed by atoms with Crippen molar-refractivity contribution in [2.45, 2.75) is 39.2 Å². The highest BCUT2D eigenvalue weighted by Crippen LogP contribution is 2.15. The first-order valence-electron chi connectivity index (χ1n) is 9.06. The van der Waals surface area contributed by atoms with Gasteiger partial charge in [-0.15, -0.1) is 0 Å². The number of nitrogens with one attached hydrogen (secondary N) is 1. The van der Waals surface area contributed by atoms with Crippen LogP contribution in [0, 0.1) is 6.92 Å². The van der Waals surface area contributed by atoms with Gasteiger partial charge in [-0.25, -0.2) is 4.79 Å². The van der Waals surface area contributed by atoms with Gasteiger partial charge in [0.15, 0.2) is 5.82 Å². The number of carbonyl (C=O) groups is 2. The molecule has 2 aliphatic heterocycles. The fourth-order valence-corrected chi connectivity index (χ4v) is 3.41. The maximum Gasteiger partial charge on any atom is 0.320 e. The van der Waals surface area contributed by atoms with Crippen LogP contribution < -0.4 is 5.32 Å². The average Bonchev–Trinajstić information content (AvgIpc) is 3.06. The number of hydrogen-bond donors (Lipinski definition) is 1. The molecule has 1 aromatic rings. The standard InChI is InChI=1S/C17H27N5O3/c1-13-12-15(19-25-13)18-16(23)14(2)20-8-10-22(11-9-20)17(24)21-6-4-3-5-7-21/h12,14H,3-11H2,1-2H3,(H,18,19,23)/t14-/m0/s1. The van der Waals surface area contributed by atoms with Gasteiger partial charge in [-0.05, 0) is 33.1 Å². The number of piperazine rings is 1. The van der Waals surface area contributed by atoms with E-state index in [0.717, 1.165) is 25.9 Å². The van der Waals surface area contributed by atoms with Gasteiger partial charge in [0.2, 0.25) is 5.91 Å². The molecule has 3 amide bonds. The molecular formula is C17H27N5O3. The molecule has 2 aliphatic rings. The summed E-state index contributed by atoms with van der Waals surface area (Å²) in [5.74, 6) is 0.991. The predicted octanol–water partition coefficient (Wildman–Crippen LogP) is 1.53. The van der Waals surface area contributed by atoms with E-state index in [2.05, 4.69) is 15.4 Å². The largest absolute Gasteiger partial charge is 0.360 e. The highest BCUT2D eigenvalue weighted by atomic mass is 16.5. The summed E-state index contributed by atoms with van der Waals surface area (Å²) in [6.45, 7) is 8.13. The van der Waals surface area contributed by atoms with Crippen molar-refractivity contribution in [1.29, 1.82) is 0 Å². The van der Waals surface area contributed by atoms with Gasteiger partial charge >= 0.3 is 6.03 Å². The fourth-order valence-electron chi connectivity index (χ4n) is 3.41. The fraction of sp³-hybridized carbons (Fsp3) is 0.706. The van der Waals surface area contributed by atoms with Crippen molar-refractivity contribution in [3.05, 3.63) is 11.8 Å². The minimum Gasteiger partial charge on any atom is -0.360 e. The van der Waals surface area contributed by atoms with Gasteiger partial charge in [-0.1, -0.05) is 5.16 Å². The van der Waals surface area contributed by atoms with Crippen LogP contribution in [0.1, 0.15) is 31.9 Å². The molecule has 2 saturated heterocycles. The highest BCUT2D eigenvalue weighted by molar-refractivity contribution is 5.93. The molecule has 1 atom stereocenters. The smallest absolute Gasteiger partial charge is 0.320 e. The lowest BCUT2D eigenvalue weighted by molar-refractivity contribution is -0.121. The van der Waals surface area contributed by atoms with Crippen LogP contribution in [0.2, 0.25) is 0 Å². The van der Waals surface area contributed by atoms with E-state index in [-0.39, 0.29) is 18.0 Å². The summed E-state index contributed by atoms with van der Waals surface area (Å²) in [5, 5.41) is 6.56. The predicted molar refractivity (Wildman–Crippen MR) is 93.3 cm³/mol. The molecule has 8 heteroatoms. The van der Waals surface area contributed by atoms with E-state index in [9.17, 15) is 9.59 Å². The monoisotopic (exact) mass is 349 g/mol. The van der Waals surface area contributed by atoms with E-state index in [0.29, 0.717) is 37.8 Å². The van der Waals surface area contributed by atoms with Crippen LogP contribution in [-0.4, -0.2) is 77.1 Å². The quantitative estimate of drug-likeness (QED) is 0.895. The number of nitrogens with zero attached hydrogens (tertiary/aromatic N) is 4. The third-order valence-electron chi connectivity index (χ3n) is 5.02. The second-order valence-electron chi connectivity index (χ2n) is 6.84. The molecule has 3 heterocycles. The van der Waals surface area contributed by atoms with Gasteiger partial charge in [-0.2, -0.15) is 0 Å². The Morgan fingerprint density at radius 1 is 1.08 bits per heavy atom. The molecule has 0 aromatic carbocycles. The molecule has 2 fully saturated rings. The summed E-state index contributed by atoms with van der Waals surface area (Å²) in [6, 6.07) is 1.57. The molecule has 1 N–H and O–H groups in total. The van der Waals surface area contributed by atoms with Crippen LogP contribution in [0.3, 0.4) is 0 Å². The van der Waals surface area contributed by atoms with Gasteiger partial charge in [-0.3, -0.25) is 9.69 Å². The number of likely N-dealkylation sites (tertiary alicyclic amines) is 1. The number of aromatic nitrogens is 1. The molecular weight excluding hydrogens is 322 g/mol. The van der Waals surface area contributed by atoms with E-state index in [1.165, 1.54) is 6.42 Å². The van der Waals surface area contributed by atoms with Gasteiger partial charge in [0.25, 0.3) is 0 Å². The summed E-state index contributed by atoms with van der Waals surface area (Å²) < 4.78 is 4.96. The molecule has 3 rings (SSSR count). The van der Waals surface area contributed by atoms with Gasteiger partial charge in [0.1, 0.15) is 5.76 Å². The first kappa shape index (κ1) is 17.7. The number of hydrogen-bond acceptors (Lipinski definition) is 5. The number of urea groups is 1. The van der Waals surface area contributed by atoms with Gasteiger partial charge in [0, 0.05) is 45.3 Å². The first-order valence-corrected chi connectivity index (χ1v) is 9.06. The zero-order valence-electron chi connectivity index (χ0n) is 15.0. The van der Waals surface area contributed by atoms with Crippen LogP contribution in [0.4, 0.5) is 10.6 Å². The number of rotatable bonds is 3. The number of piperidine rings is 1. The normalized spacial score (nSPS) is 20.4. The molecule has 1 aromatic heterocycles. The minimum absolute atomic E-state index is 0.107. The summed E-state index contributed by atoms with van der Waals surface area (Å²) >= 11 is 0. The van der Waals surface area contributed by atoms with Crippen LogP contribution in [0.15, 0.2) is 10.6 Å². The molecule has 0 unspecified atom stereocenters. The Labute approximate surface area is 148 Å². The minimum atomic E-state index is -0.274. The third-order valence-corrected chi connectivity index (χ3v) is 5.02. The number of amides is 3. The maximum atomic E-state index is 12.5. The molecule has 0 bridgehead atoms. The molecule has 0 spiro atoms. The summed E-state index contributed by atoms with van der Waals surface area (Å²) in [5.41, 5.74) is 0.